The Balaban J connectivity index is 1.54. The molecule has 122 valence electrons. The lowest BCUT2D eigenvalue weighted by molar-refractivity contribution is -0.127. The molecular weight excluding hydrogens is 308 g/mol. The summed E-state index contributed by atoms with van der Waals surface area (Å²) in [6.07, 6.45) is 3.29. The van der Waals surface area contributed by atoms with Crippen LogP contribution in [0.25, 0.3) is 0 Å². The predicted molar refractivity (Wildman–Crippen MR) is 91.9 cm³/mol. The maximum atomic E-state index is 12.7. The highest BCUT2D eigenvalue weighted by Crippen LogP contribution is 2.50. The maximum absolute atomic E-state index is 12.7. The molecule has 0 aromatic heterocycles. The van der Waals surface area contributed by atoms with Crippen LogP contribution in [-0.4, -0.2) is 18.4 Å². The van der Waals surface area contributed by atoms with Crippen LogP contribution in [0.4, 0.5) is 0 Å². The SMILES string of the molecule is COc1ccc(C2NC(=O)C3C4=C(CC(C)CC4)SC3N2)cc1. The van der Waals surface area contributed by atoms with Gasteiger partial charge in [0, 0.05) is 0 Å². The number of hydrogen-bond acceptors (Lipinski definition) is 4. The van der Waals surface area contributed by atoms with Gasteiger partial charge in [0.1, 0.15) is 11.9 Å². The summed E-state index contributed by atoms with van der Waals surface area (Å²) in [5.41, 5.74) is 2.45. The molecule has 0 bridgehead atoms. The van der Waals surface area contributed by atoms with Crippen molar-refractivity contribution in [1.82, 2.24) is 10.6 Å². The number of amides is 1. The molecule has 1 aliphatic carbocycles. The van der Waals surface area contributed by atoms with E-state index in [1.54, 1.807) is 7.11 Å². The number of hydrogen-bond donors (Lipinski definition) is 2. The average Bonchev–Trinajstić information content (AvgIpc) is 2.92. The second kappa shape index (κ2) is 5.87. The summed E-state index contributed by atoms with van der Waals surface area (Å²) in [4.78, 5) is 14.2. The minimum atomic E-state index is -0.124. The second-order valence-electron chi connectivity index (χ2n) is 6.69. The van der Waals surface area contributed by atoms with Crippen molar-refractivity contribution >= 4 is 17.7 Å². The highest BCUT2D eigenvalue weighted by Gasteiger charge is 2.45. The first-order chi connectivity index (χ1) is 11.2. The maximum Gasteiger partial charge on any atom is 0.231 e. The van der Waals surface area contributed by atoms with Crippen molar-refractivity contribution in [3.05, 3.63) is 40.3 Å². The van der Waals surface area contributed by atoms with E-state index in [0.717, 1.165) is 30.1 Å². The van der Waals surface area contributed by atoms with Gasteiger partial charge in [-0.1, -0.05) is 19.1 Å². The summed E-state index contributed by atoms with van der Waals surface area (Å²) in [5, 5.41) is 6.94. The van der Waals surface area contributed by atoms with Crippen LogP contribution in [0, 0.1) is 11.8 Å². The molecule has 3 aliphatic rings. The van der Waals surface area contributed by atoms with E-state index in [-0.39, 0.29) is 23.4 Å². The Labute approximate surface area is 141 Å². The highest BCUT2D eigenvalue weighted by molar-refractivity contribution is 8.04. The molecule has 0 spiro atoms. The minimum Gasteiger partial charge on any atom is -0.497 e. The number of methoxy groups -OCH3 is 1. The molecule has 0 radical (unpaired) electrons. The molecular formula is C18H22N2O2S. The van der Waals surface area contributed by atoms with Crippen molar-refractivity contribution in [2.45, 2.75) is 37.7 Å². The number of thioether (sulfide) groups is 1. The first kappa shape index (κ1) is 15.1. The standard InChI is InChI=1S/C18H22N2O2S/c1-10-3-8-13-14(9-10)23-18-15(13)17(21)19-16(20-18)11-4-6-12(22-2)7-5-11/h4-7,10,15-16,18,20H,3,8-9H2,1-2H3,(H,19,21). The number of carbonyl (C=O) groups is 1. The van der Waals surface area contributed by atoms with E-state index in [1.165, 1.54) is 16.9 Å². The average molecular weight is 330 g/mol. The quantitative estimate of drug-likeness (QED) is 0.874. The fourth-order valence-electron chi connectivity index (χ4n) is 3.79. The molecule has 1 saturated heterocycles. The molecule has 4 nitrogen and oxygen atoms in total. The largest absolute Gasteiger partial charge is 0.497 e. The Morgan fingerprint density at radius 3 is 2.78 bits per heavy atom. The van der Waals surface area contributed by atoms with Crippen LogP contribution in [0.5, 0.6) is 5.75 Å². The number of ether oxygens (including phenoxy) is 1. The third-order valence-corrected chi connectivity index (χ3v) is 6.47. The number of benzene rings is 1. The molecule has 1 amide bonds. The van der Waals surface area contributed by atoms with Gasteiger partial charge in [-0.3, -0.25) is 10.1 Å². The molecule has 5 heteroatoms. The van der Waals surface area contributed by atoms with E-state index in [0.29, 0.717) is 0 Å². The topological polar surface area (TPSA) is 50.4 Å². The number of fused-ring (bicyclic) bond motifs is 2. The van der Waals surface area contributed by atoms with E-state index in [1.807, 2.05) is 36.0 Å². The lowest BCUT2D eigenvalue weighted by Crippen LogP contribution is -2.54. The molecule has 1 aromatic carbocycles. The van der Waals surface area contributed by atoms with Gasteiger partial charge >= 0.3 is 0 Å². The second-order valence-corrected chi connectivity index (χ2v) is 7.93. The van der Waals surface area contributed by atoms with Crippen LogP contribution in [0.3, 0.4) is 0 Å². The molecule has 2 N–H and O–H groups in total. The van der Waals surface area contributed by atoms with E-state index in [4.69, 9.17) is 4.74 Å². The number of allylic oxidation sites excluding steroid dienone is 1. The van der Waals surface area contributed by atoms with Crippen molar-refractivity contribution < 1.29 is 9.53 Å². The lowest BCUT2D eigenvalue weighted by atomic mass is 9.83. The van der Waals surface area contributed by atoms with Gasteiger partial charge in [0.15, 0.2) is 0 Å². The molecule has 1 aromatic rings. The first-order valence-corrected chi connectivity index (χ1v) is 9.12. The van der Waals surface area contributed by atoms with Crippen molar-refractivity contribution in [3.63, 3.8) is 0 Å². The van der Waals surface area contributed by atoms with Crippen molar-refractivity contribution in [3.8, 4) is 5.75 Å². The Hall–Kier alpha value is -1.46. The van der Waals surface area contributed by atoms with Gasteiger partial charge in [0.25, 0.3) is 0 Å². The number of rotatable bonds is 2. The van der Waals surface area contributed by atoms with Gasteiger partial charge in [-0.25, -0.2) is 0 Å². The summed E-state index contributed by atoms with van der Waals surface area (Å²) >= 11 is 1.88. The van der Waals surface area contributed by atoms with E-state index in [9.17, 15) is 4.79 Å². The fourth-order valence-corrected chi connectivity index (χ4v) is 5.48. The summed E-state index contributed by atoms with van der Waals surface area (Å²) in [6, 6.07) is 7.88. The molecule has 0 saturated carbocycles. The Morgan fingerprint density at radius 1 is 1.26 bits per heavy atom. The molecule has 4 rings (SSSR count). The van der Waals surface area contributed by atoms with E-state index >= 15 is 0 Å². The molecule has 2 aliphatic heterocycles. The van der Waals surface area contributed by atoms with Gasteiger partial charge in [0.2, 0.25) is 5.91 Å². The summed E-state index contributed by atoms with van der Waals surface area (Å²) in [5.74, 6) is 1.75. The summed E-state index contributed by atoms with van der Waals surface area (Å²) in [6.45, 7) is 2.31. The molecule has 1 fully saturated rings. The van der Waals surface area contributed by atoms with Crippen LogP contribution in [0.15, 0.2) is 34.7 Å². The van der Waals surface area contributed by atoms with Crippen LogP contribution < -0.4 is 15.4 Å². The summed E-state index contributed by atoms with van der Waals surface area (Å²) < 4.78 is 5.20. The van der Waals surface area contributed by atoms with E-state index in [2.05, 4.69) is 17.6 Å². The van der Waals surface area contributed by atoms with Crippen molar-refractivity contribution in [1.29, 1.82) is 0 Å². The minimum absolute atomic E-state index is 0.0111. The zero-order valence-corrected chi connectivity index (χ0v) is 14.3. The van der Waals surface area contributed by atoms with Crippen LogP contribution in [0.1, 0.15) is 37.9 Å². The van der Waals surface area contributed by atoms with Crippen LogP contribution in [-0.2, 0) is 4.79 Å². The van der Waals surface area contributed by atoms with Gasteiger partial charge < -0.3 is 10.1 Å². The first-order valence-electron chi connectivity index (χ1n) is 8.24. The lowest BCUT2D eigenvalue weighted by Gasteiger charge is -2.34. The monoisotopic (exact) mass is 330 g/mol. The Morgan fingerprint density at radius 2 is 2.04 bits per heavy atom. The fraction of sp³-hybridized carbons (Fsp3) is 0.500. The van der Waals surface area contributed by atoms with Gasteiger partial charge in [-0.05, 0) is 53.4 Å². The number of carbonyl (C=O) groups excluding carboxylic acids is 1. The predicted octanol–water partition coefficient (Wildman–Crippen LogP) is 3.18. The third kappa shape index (κ3) is 2.66. The Kier molecular flexibility index (Phi) is 3.85. The zero-order chi connectivity index (χ0) is 16.0. The smallest absolute Gasteiger partial charge is 0.231 e. The normalized spacial score (nSPS) is 33.0. The van der Waals surface area contributed by atoms with Crippen LogP contribution >= 0.6 is 11.8 Å². The van der Waals surface area contributed by atoms with E-state index < -0.39 is 0 Å². The highest BCUT2D eigenvalue weighted by atomic mass is 32.2. The van der Waals surface area contributed by atoms with Gasteiger partial charge in [0.05, 0.1) is 18.4 Å². The number of nitrogens with one attached hydrogen (secondary N) is 2. The van der Waals surface area contributed by atoms with Crippen molar-refractivity contribution in [2.24, 2.45) is 11.8 Å². The van der Waals surface area contributed by atoms with Gasteiger partial charge in [-0.2, -0.15) is 0 Å². The third-order valence-electron chi connectivity index (χ3n) is 5.10. The molecule has 4 unspecified atom stereocenters. The zero-order valence-electron chi connectivity index (χ0n) is 13.5. The van der Waals surface area contributed by atoms with Crippen LogP contribution in [0.2, 0.25) is 0 Å². The molecule has 23 heavy (non-hydrogen) atoms. The van der Waals surface area contributed by atoms with Gasteiger partial charge in [-0.15, -0.1) is 11.8 Å². The summed E-state index contributed by atoms with van der Waals surface area (Å²) in [7, 11) is 1.66. The van der Waals surface area contributed by atoms with Crippen molar-refractivity contribution in [2.75, 3.05) is 7.11 Å². The molecule has 2 heterocycles. The molecule has 4 atom stereocenters. The Bertz CT molecular complexity index is 655.